The number of morpholine rings is 2. The summed E-state index contributed by atoms with van der Waals surface area (Å²) in [6.07, 6.45) is 1.47. The lowest BCUT2D eigenvalue weighted by Crippen LogP contribution is -2.61. The number of amides is 1. The first-order valence-electron chi connectivity index (χ1n) is 6.81. The summed E-state index contributed by atoms with van der Waals surface area (Å²) in [6, 6.07) is 0. The van der Waals surface area contributed by atoms with Gasteiger partial charge in [0.25, 0.3) is 5.91 Å². The first kappa shape index (κ1) is 13.7. The highest BCUT2D eigenvalue weighted by Crippen LogP contribution is 2.12. The van der Waals surface area contributed by atoms with E-state index in [1.165, 1.54) is 0 Å². The summed E-state index contributed by atoms with van der Waals surface area (Å²) in [6.45, 7) is 7.95. The topological polar surface area (TPSA) is 45.2 Å². The molecule has 0 atom stereocenters. The molecule has 0 radical (unpaired) electrons. The van der Waals surface area contributed by atoms with E-state index in [1.54, 1.807) is 0 Å². The maximum Gasteiger partial charge on any atom is 0.251 e. The molecule has 6 heteroatoms. The van der Waals surface area contributed by atoms with Crippen LogP contribution in [0, 0.1) is 0 Å². The van der Waals surface area contributed by atoms with Gasteiger partial charge in [-0.2, -0.15) is 10.0 Å². The molecule has 2 aliphatic heterocycles. The fourth-order valence-corrected chi connectivity index (χ4v) is 2.29. The average Bonchev–Trinajstić information content (AvgIpc) is 2.42. The molecular formula is C12H23N3O3. The number of hydrogen-bond donors (Lipinski definition) is 0. The SMILES string of the molecule is CCCC(=O)N(N1CCOCC1)N1CCOCC1. The van der Waals surface area contributed by atoms with Crippen molar-refractivity contribution in [3.63, 3.8) is 0 Å². The second-order valence-corrected chi connectivity index (χ2v) is 4.57. The van der Waals surface area contributed by atoms with E-state index in [0.29, 0.717) is 32.8 Å². The molecule has 0 N–H and O–H groups in total. The Kier molecular flexibility index (Phi) is 5.37. The second-order valence-electron chi connectivity index (χ2n) is 4.57. The Hall–Kier alpha value is -0.690. The van der Waals surface area contributed by atoms with E-state index in [2.05, 4.69) is 10.0 Å². The molecule has 2 heterocycles. The van der Waals surface area contributed by atoms with Gasteiger partial charge in [0, 0.05) is 32.6 Å². The summed E-state index contributed by atoms with van der Waals surface area (Å²) in [5, 5.41) is 6.05. The number of rotatable bonds is 4. The van der Waals surface area contributed by atoms with Crippen molar-refractivity contribution in [1.29, 1.82) is 0 Å². The summed E-state index contributed by atoms with van der Waals surface area (Å²) in [4.78, 5) is 12.3. The lowest BCUT2D eigenvalue weighted by atomic mass is 10.3. The zero-order valence-corrected chi connectivity index (χ0v) is 11.1. The van der Waals surface area contributed by atoms with Gasteiger partial charge in [-0.25, -0.2) is 5.12 Å². The van der Waals surface area contributed by atoms with Crippen LogP contribution in [0.5, 0.6) is 0 Å². The van der Waals surface area contributed by atoms with Crippen LogP contribution in [0.2, 0.25) is 0 Å². The number of carbonyl (C=O) groups excluding carboxylic acids is 1. The molecule has 2 fully saturated rings. The molecule has 104 valence electrons. The molecule has 0 aliphatic carbocycles. The molecule has 0 saturated carbocycles. The van der Waals surface area contributed by atoms with Crippen LogP contribution in [0.4, 0.5) is 0 Å². The van der Waals surface area contributed by atoms with Crippen molar-refractivity contribution in [3.05, 3.63) is 0 Å². The maximum absolute atomic E-state index is 12.3. The highest BCUT2D eigenvalue weighted by molar-refractivity contribution is 5.75. The molecule has 0 aromatic heterocycles. The fourth-order valence-electron chi connectivity index (χ4n) is 2.29. The molecule has 0 aromatic rings. The van der Waals surface area contributed by atoms with Crippen LogP contribution >= 0.6 is 0 Å². The molecule has 6 nitrogen and oxygen atoms in total. The van der Waals surface area contributed by atoms with Gasteiger partial charge >= 0.3 is 0 Å². The van der Waals surface area contributed by atoms with Crippen molar-refractivity contribution in [1.82, 2.24) is 15.1 Å². The van der Waals surface area contributed by atoms with Gasteiger partial charge in [0.1, 0.15) is 0 Å². The number of carbonyl (C=O) groups is 1. The zero-order chi connectivity index (χ0) is 12.8. The molecule has 0 unspecified atom stereocenters. The maximum atomic E-state index is 12.3. The third kappa shape index (κ3) is 3.41. The Morgan fingerprint density at radius 1 is 1.00 bits per heavy atom. The minimum Gasteiger partial charge on any atom is -0.379 e. The van der Waals surface area contributed by atoms with Gasteiger partial charge in [0.15, 0.2) is 0 Å². The minimum atomic E-state index is 0.182. The van der Waals surface area contributed by atoms with Crippen LogP contribution in [0.1, 0.15) is 19.8 Å². The van der Waals surface area contributed by atoms with Crippen LogP contribution in [0.15, 0.2) is 0 Å². The van der Waals surface area contributed by atoms with Crippen LogP contribution < -0.4 is 0 Å². The summed E-state index contributed by atoms with van der Waals surface area (Å²) < 4.78 is 10.7. The minimum absolute atomic E-state index is 0.182. The third-order valence-corrected chi connectivity index (χ3v) is 3.20. The van der Waals surface area contributed by atoms with Gasteiger partial charge in [-0.1, -0.05) is 6.92 Å². The summed E-state index contributed by atoms with van der Waals surface area (Å²) in [5.74, 6) is 0.182. The van der Waals surface area contributed by atoms with Gasteiger partial charge in [0.05, 0.1) is 26.4 Å². The van der Waals surface area contributed by atoms with E-state index < -0.39 is 0 Å². The molecular weight excluding hydrogens is 234 g/mol. The summed E-state index contributed by atoms with van der Waals surface area (Å²) in [7, 11) is 0. The normalized spacial score (nSPS) is 22.9. The lowest BCUT2D eigenvalue weighted by Gasteiger charge is -2.44. The Labute approximate surface area is 108 Å². The van der Waals surface area contributed by atoms with E-state index >= 15 is 0 Å². The standard InChI is InChI=1S/C12H23N3O3/c1-2-3-12(16)15(13-4-8-17-9-5-13)14-6-10-18-11-7-14/h2-11H2,1H3. The van der Waals surface area contributed by atoms with Gasteiger partial charge in [-0.05, 0) is 6.42 Å². The molecule has 0 spiro atoms. The van der Waals surface area contributed by atoms with Crippen molar-refractivity contribution in [3.8, 4) is 0 Å². The van der Waals surface area contributed by atoms with Crippen molar-refractivity contribution >= 4 is 5.91 Å². The Bertz CT molecular complexity index is 245. The van der Waals surface area contributed by atoms with Crippen molar-refractivity contribution in [2.75, 3.05) is 52.6 Å². The molecule has 2 aliphatic rings. The zero-order valence-electron chi connectivity index (χ0n) is 11.1. The fraction of sp³-hybridized carbons (Fsp3) is 0.917. The van der Waals surface area contributed by atoms with Gasteiger partial charge < -0.3 is 9.47 Å². The van der Waals surface area contributed by atoms with Gasteiger partial charge in [-0.3, -0.25) is 4.79 Å². The van der Waals surface area contributed by atoms with Crippen molar-refractivity contribution in [2.45, 2.75) is 19.8 Å². The Balaban J connectivity index is 2.02. The van der Waals surface area contributed by atoms with Crippen LogP contribution in [0.3, 0.4) is 0 Å². The highest BCUT2D eigenvalue weighted by atomic mass is 16.5. The molecule has 0 aromatic carbocycles. The largest absolute Gasteiger partial charge is 0.379 e. The molecule has 0 bridgehead atoms. The number of hydrazine groups is 2. The molecule has 2 saturated heterocycles. The van der Waals surface area contributed by atoms with Crippen LogP contribution in [0.25, 0.3) is 0 Å². The Morgan fingerprint density at radius 2 is 1.44 bits per heavy atom. The Morgan fingerprint density at radius 3 is 1.83 bits per heavy atom. The summed E-state index contributed by atoms with van der Waals surface area (Å²) in [5.41, 5.74) is 0. The highest BCUT2D eigenvalue weighted by Gasteiger charge is 2.29. The van der Waals surface area contributed by atoms with Crippen molar-refractivity contribution < 1.29 is 14.3 Å². The van der Waals surface area contributed by atoms with Crippen LogP contribution in [-0.2, 0) is 14.3 Å². The lowest BCUT2D eigenvalue weighted by molar-refractivity contribution is -0.225. The molecule has 2 rings (SSSR count). The third-order valence-electron chi connectivity index (χ3n) is 3.20. The van der Waals surface area contributed by atoms with E-state index in [4.69, 9.17) is 9.47 Å². The number of ether oxygens (including phenoxy) is 2. The predicted octanol–water partition coefficient (Wildman–Crippen LogP) is 0.110. The van der Waals surface area contributed by atoms with E-state index in [9.17, 15) is 4.79 Å². The van der Waals surface area contributed by atoms with E-state index in [1.807, 2.05) is 12.0 Å². The number of hydrogen-bond acceptors (Lipinski definition) is 5. The predicted molar refractivity (Wildman–Crippen MR) is 66.5 cm³/mol. The van der Waals surface area contributed by atoms with Gasteiger partial charge in [0.2, 0.25) is 0 Å². The first-order valence-corrected chi connectivity index (χ1v) is 6.81. The smallest absolute Gasteiger partial charge is 0.251 e. The first-order chi connectivity index (χ1) is 8.83. The molecule has 1 amide bonds. The van der Waals surface area contributed by atoms with E-state index in [0.717, 1.165) is 32.6 Å². The van der Waals surface area contributed by atoms with Crippen molar-refractivity contribution in [2.24, 2.45) is 0 Å². The second kappa shape index (κ2) is 7.04. The monoisotopic (exact) mass is 257 g/mol. The average molecular weight is 257 g/mol. The van der Waals surface area contributed by atoms with Crippen LogP contribution in [-0.4, -0.2) is 73.6 Å². The number of nitrogens with zero attached hydrogens (tertiary/aromatic N) is 3. The summed E-state index contributed by atoms with van der Waals surface area (Å²) >= 11 is 0. The molecule has 18 heavy (non-hydrogen) atoms. The van der Waals surface area contributed by atoms with Gasteiger partial charge in [-0.15, -0.1) is 0 Å². The van der Waals surface area contributed by atoms with E-state index in [-0.39, 0.29) is 5.91 Å². The quantitative estimate of drug-likeness (QED) is 0.715.